The Balaban J connectivity index is 2.00. The molecule has 2 aromatic rings. The minimum Gasteiger partial charge on any atom is -0.481 e. The van der Waals surface area contributed by atoms with Gasteiger partial charge in [-0.05, 0) is 37.3 Å². The van der Waals surface area contributed by atoms with E-state index in [0.29, 0.717) is 11.4 Å². The summed E-state index contributed by atoms with van der Waals surface area (Å²) >= 11 is 0. The summed E-state index contributed by atoms with van der Waals surface area (Å²) in [4.78, 5) is 22.1. The first-order valence-electron chi connectivity index (χ1n) is 6.43. The van der Waals surface area contributed by atoms with Crippen LogP contribution in [0.15, 0.2) is 48.5 Å². The van der Waals surface area contributed by atoms with Crippen LogP contribution in [0, 0.1) is 15.9 Å². The zero-order valence-corrected chi connectivity index (χ0v) is 11.7. The minimum atomic E-state index is -0.843. The van der Waals surface area contributed by atoms with Gasteiger partial charge in [-0.15, -0.1) is 0 Å². The van der Waals surface area contributed by atoms with Crippen molar-refractivity contribution < 1.29 is 18.8 Å². The second kappa shape index (κ2) is 6.66. The van der Waals surface area contributed by atoms with Crippen LogP contribution in [0.1, 0.15) is 6.92 Å². The Morgan fingerprint density at radius 3 is 2.59 bits per heavy atom. The van der Waals surface area contributed by atoms with Gasteiger partial charge >= 0.3 is 0 Å². The smallest absolute Gasteiger partial charge is 0.271 e. The number of halogens is 1. The molecule has 0 unspecified atom stereocenters. The van der Waals surface area contributed by atoms with Gasteiger partial charge in [0, 0.05) is 17.8 Å². The zero-order chi connectivity index (χ0) is 16.1. The lowest BCUT2D eigenvalue weighted by Gasteiger charge is -2.14. The van der Waals surface area contributed by atoms with Crippen LogP contribution in [0.25, 0.3) is 0 Å². The molecule has 22 heavy (non-hydrogen) atoms. The molecule has 6 nitrogen and oxygen atoms in total. The molecule has 0 saturated heterocycles. The third kappa shape index (κ3) is 4.02. The van der Waals surface area contributed by atoms with Crippen molar-refractivity contribution in [3.8, 4) is 5.75 Å². The summed E-state index contributed by atoms with van der Waals surface area (Å²) in [5.74, 6) is -0.519. The number of nitro groups is 1. The lowest BCUT2D eigenvalue weighted by atomic mass is 10.2. The number of carbonyl (C=O) groups is 1. The number of amides is 1. The van der Waals surface area contributed by atoms with Crippen LogP contribution >= 0.6 is 0 Å². The van der Waals surface area contributed by atoms with E-state index in [4.69, 9.17) is 4.74 Å². The third-order valence-electron chi connectivity index (χ3n) is 2.82. The Morgan fingerprint density at radius 2 is 1.95 bits per heavy atom. The molecule has 7 heteroatoms. The fourth-order valence-corrected chi connectivity index (χ4v) is 1.71. The first-order valence-corrected chi connectivity index (χ1v) is 6.43. The zero-order valence-electron chi connectivity index (χ0n) is 11.7. The highest BCUT2D eigenvalue weighted by Gasteiger charge is 2.16. The van der Waals surface area contributed by atoms with Gasteiger partial charge < -0.3 is 10.1 Å². The van der Waals surface area contributed by atoms with Crippen molar-refractivity contribution in [1.29, 1.82) is 0 Å². The molecular formula is C15H13FN2O4. The molecule has 1 amide bonds. The topological polar surface area (TPSA) is 81.5 Å². The molecule has 0 saturated carbocycles. The third-order valence-corrected chi connectivity index (χ3v) is 2.82. The maximum atomic E-state index is 12.8. The molecule has 2 aromatic carbocycles. The van der Waals surface area contributed by atoms with Crippen molar-refractivity contribution in [3.63, 3.8) is 0 Å². The molecule has 0 heterocycles. The second-order valence-electron chi connectivity index (χ2n) is 4.51. The molecule has 0 radical (unpaired) electrons. The van der Waals surface area contributed by atoms with Crippen molar-refractivity contribution in [1.82, 2.24) is 0 Å². The fourth-order valence-electron chi connectivity index (χ4n) is 1.71. The molecular weight excluding hydrogens is 291 g/mol. The molecule has 1 atom stereocenters. The molecule has 0 bridgehead atoms. The number of hydrogen-bond donors (Lipinski definition) is 1. The lowest BCUT2D eigenvalue weighted by Crippen LogP contribution is -2.30. The molecule has 114 valence electrons. The van der Waals surface area contributed by atoms with Crippen LogP contribution in [-0.2, 0) is 4.79 Å². The summed E-state index contributed by atoms with van der Waals surface area (Å²) in [6.45, 7) is 1.52. The van der Waals surface area contributed by atoms with Gasteiger partial charge in [0.1, 0.15) is 11.6 Å². The Hall–Kier alpha value is -2.96. The number of hydrogen-bond acceptors (Lipinski definition) is 4. The van der Waals surface area contributed by atoms with Crippen molar-refractivity contribution in [2.45, 2.75) is 13.0 Å². The van der Waals surface area contributed by atoms with E-state index in [9.17, 15) is 19.3 Å². The van der Waals surface area contributed by atoms with Crippen molar-refractivity contribution in [3.05, 3.63) is 64.5 Å². The summed E-state index contributed by atoms with van der Waals surface area (Å²) in [5, 5.41) is 13.2. The van der Waals surface area contributed by atoms with Crippen LogP contribution < -0.4 is 10.1 Å². The highest BCUT2D eigenvalue weighted by atomic mass is 19.1. The molecule has 0 aliphatic rings. The normalized spacial score (nSPS) is 11.5. The van der Waals surface area contributed by atoms with Gasteiger partial charge in [0.15, 0.2) is 6.10 Å². The van der Waals surface area contributed by atoms with Crippen LogP contribution in [0.4, 0.5) is 15.8 Å². The number of carbonyl (C=O) groups excluding carboxylic acids is 1. The van der Waals surface area contributed by atoms with E-state index in [2.05, 4.69) is 5.32 Å². The number of anilines is 1. The fraction of sp³-hybridized carbons (Fsp3) is 0.133. The number of benzene rings is 2. The average Bonchev–Trinajstić information content (AvgIpc) is 2.49. The minimum absolute atomic E-state index is 0.120. The van der Waals surface area contributed by atoms with E-state index < -0.39 is 22.8 Å². The highest BCUT2D eigenvalue weighted by Crippen LogP contribution is 2.18. The van der Waals surface area contributed by atoms with E-state index >= 15 is 0 Å². The molecule has 0 aliphatic heterocycles. The molecule has 0 fully saturated rings. The SMILES string of the molecule is C[C@H](Oc1ccc(F)cc1)C(=O)Nc1cccc([N+](=O)[O-])c1. The van der Waals surface area contributed by atoms with Crippen molar-refractivity contribution in [2.24, 2.45) is 0 Å². The molecule has 2 rings (SSSR count). The van der Waals surface area contributed by atoms with Gasteiger partial charge in [0.25, 0.3) is 11.6 Å². The summed E-state index contributed by atoms with van der Waals surface area (Å²) in [5.41, 5.74) is 0.179. The first kappa shape index (κ1) is 15.4. The van der Waals surface area contributed by atoms with Gasteiger partial charge in [0.2, 0.25) is 0 Å². The summed E-state index contributed by atoms with van der Waals surface area (Å²) in [6.07, 6.45) is -0.843. The van der Waals surface area contributed by atoms with Crippen LogP contribution in [0.5, 0.6) is 5.75 Å². The summed E-state index contributed by atoms with van der Waals surface area (Å²) in [6, 6.07) is 10.9. The highest BCUT2D eigenvalue weighted by molar-refractivity contribution is 5.94. The van der Waals surface area contributed by atoms with Crippen LogP contribution in [0.3, 0.4) is 0 Å². The number of nitro benzene ring substituents is 1. The Labute approximate surface area is 125 Å². The summed E-state index contributed by atoms with van der Waals surface area (Å²) in [7, 11) is 0. The van der Waals surface area contributed by atoms with Crippen LogP contribution in [0.2, 0.25) is 0 Å². The van der Waals surface area contributed by atoms with Crippen molar-refractivity contribution >= 4 is 17.3 Å². The van der Waals surface area contributed by atoms with E-state index in [1.54, 1.807) is 0 Å². The number of nitrogens with zero attached hydrogens (tertiary/aromatic N) is 1. The van der Waals surface area contributed by atoms with Crippen LogP contribution in [-0.4, -0.2) is 16.9 Å². The Kier molecular flexibility index (Phi) is 4.67. The largest absolute Gasteiger partial charge is 0.481 e. The first-order chi connectivity index (χ1) is 10.5. The quantitative estimate of drug-likeness (QED) is 0.679. The van der Waals surface area contributed by atoms with Gasteiger partial charge in [-0.25, -0.2) is 4.39 Å². The Morgan fingerprint density at radius 1 is 1.27 bits per heavy atom. The van der Waals surface area contributed by atoms with Gasteiger partial charge in [0.05, 0.1) is 4.92 Å². The lowest BCUT2D eigenvalue weighted by molar-refractivity contribution is -0.384. The number of rotatable bonds is 5. The van der Waals surface area contributed by atoms with Crippen molar-refractivity contribution in [2.75, 3.05) is 5.32 Å². The van der Waals surface area contributed by atoms with E-state index in [-0.39, 0.29) is 5.69 Å². The average molecular weight is 304 g/mol. The number of ether oxygens (including phenoxy) is 1. The maximum Gasteiger partial charge on any atom is 0.271 e. The number of non-ortho nitro benzene ring substituents is 1. The second-order valence-corrected chi connectivity index (χ2v) is 4.51. The summed E-state index contributed by atoms with van der Waals surface area (Å²) < 4.78 is 18.2. The molecule has 0 spiro atoms. The molecule has 0 aromatic heterocycles. The maximum absolute atomic E-state index is 12.8. The van der Waals surface area contributed by atoms with E-state index in [0.717, 1.165) is 0 Å². The molecule has 0 aliphatic carbocycles. The standard InChI is InChI=1S/C15H13FN2O4/c1-10(22-14-7-5-11(16)6-8-14)15(19)17-12-3-2-4-13(9-12)18(20)21/h2-10H,1H3,(H,17,19)/t10-/m0/s1. The monoisotopic (exact) mass is 304 g/mol. The predicted octanol–water partition coefficient (Wildman–Crippen LogP) is 3.14. The van der Waals surface area contributed by atoms with Gasteiger partial charge in [-0.1, -0.05) is 6.07 Å². The number of nitrogens with one attached hydrogen (secondary N) is 1. The van der Waals surface area contributed by atoms with Gasteiger partial charge in [-0.2, -0.15) is 0 Å². The predicted molar refractivity (Wildman–Crippen MR) is 78.2 cm³/mol. The van der Waals surface area contributed by atoms with E-state index in [1.807, 2.05) is 0 Å². The Bertz CT molecular complexity index is 688. The van der Waals surface area contributed by atoms with Gasteiger partial charge in [-0.3, -0.25) is 14.9 Å². The molecule has 1 N–H and O–H groups in total. The van der Waals surface area contributed by atoms with E-state index in [1.165, 1.54) is 55.5 Å².